The summed E-state index contributed by atoms with van der Waals surface area (Å²) in [7, 11) is 0. The lowest BCUT2D eigenvalue weighted by Crippen LogP contribution is -2.55. The Balaban J connectivity index is 2.12. The third-order valence-electron chi connectivity index (χ3n) is 3.54. The fourth-order valence-corrected chi connectivity index (χ4v) is 2.47. The summed E-state index contributed by atoms with van der Waals surface area (Å²) in [4.78, 5) is 13.3. The Labute approximate surface area is 112 Å². The van der Waals surface area contributed by atoms with Gasteiger partial charge in [-0.15, -0.1) is 0 Å². The summed E-state index contributed by atoms with van der Waals surface area (Å²) in [6.07, 6.45) is 1.12. The molecule has 1 heterocycles. The molecule has 1 aromatic rings. The first-order chi connectivity index (χ1) is 9.05. The van der Waals surface area contributed by atoms with Crippen LogP contribution in [0.1, 0.15) is 24.0 Å². The van der Waals surface area contributed by atoms with Crippen LogP contribution >= 0.6 is 0 Å². The molecule has 0 aliphatic carbocycles. The van der Waals surface area contributed by atoms with Crippen molar-refractivity contribution in [1.29, 1.82) is 5.26 Å². The lowest BCUT2D eigenvalue weighted by atomic mass is 9.91. The number of aliphatic hydroxyl groups is 1. The molecule has 1 fully saturated rings. The van der Waals surface area contributed by atoms with Gasteiger partial charge in [-0.25, -0.2) is 0 Å². The zero-order chi connectivity index (χ0) is 13.9. The highest BCUT2D eigenvalue weighted by atomic mass is 16.3. The van der Waals surface area contributed by atoms with Gasteiger partial charge in [0.1, 0.15) is 0 Å². The second-order valence-electron chi connectivity index (χ2n) is 4.98. The zero-order valence-electron chi connectivity index (χ0n) is 10.7. The first-order valence-corrected chi connectivity index (χ1v) is 6.28. The van der Waals surface area contributed by atoms with E-state index in [-0.39, 0.29) is 6.54 Å². The highest BCUT2D eigenvalue weighted by Gasteiger charge is 2.38. The Morgan fingerprint density at radius 1 is 1.53 bits per heavy atom. The highest BCUT2D eigenvalue weighted by Crippen LogP contribution is 2.23. The number of primary amides is 1. The second-order valence-corrected chi connectivity index (χ2v) is 4.98. The molecule has 0 bridgehead atoms. The highest BCUT2D eigenvalue weighted by molar-refractivity contribution is 5.83. The molecule has 1 saturated heterocycles. The number of nitrogens with two attached hydrogens (primary N) is 1. The third-order valence-corrected chi connectivity index (χ3v) is 3.54. The number of nitriles is 1. The normalized spacial score (nSPS) is 23.8. The fraction of sp³-hybridized carbons (Fsp3) is 0.429. The molecule has 5 heteroatoms. The molecular weight excluding hydrogens is 242 g/mol. The molecular formula is C14H17N3O2. The average Bonchev–Trinajstić information content (AvgIpc) is 2.39. The summed E-state index contributed by atoms with van der Waals surface area (Å²) in [5.41, 5.74) is 5.32. The second kappa shape index (κ2) is 5.39. The molecule has 2 rings (SSSR count). The number of carbonyl (C=O) groups is 1. The van der Waals surface area contributed by atoms with Crippen LogP contribution < -0.4 is 5.73 Å². The topological polar surface area (TPSA) is 90.3 Å². The number of carbonyl (C=O) groups excluding carboxylic acids is 1. The van der Waals surface area contributed by atoms with Crippen LogP contribution in [0, 0.1) is 11.3 Å². The minimum absolute atomic E-state index is 0.224. The summed E-state index contributed by atoms with van der Waals surface area (Å²) >= 11 is 0. The Morgan fingerprint density at radius 3 is 2.95 bits per heavy atom. The molecule has 1 aliphatic heterocycles. The van der Waals surface area contributed by atoms with Crippen molar-refractivity contribution < 1.29 is 9.90 Å². The van der Waals surface area contributed by atoms with E-state index >= 15 is 0 Å². The average molecular weight is 259 g/mol. The van der Waals surface area contributed by atoms with Crippen LogP contribution in [-0.2, 0) is 11.3 Å². The van der Waals surface area contributed by atoms with E-state index in [9.17, 15) is 9.90 Å². The van der Waals surface area contributed by atoms with E-state index < -0.39 is 11.5 Å². The number of piperidine rings is 1. The van der Waals surface area contributed by atoms with Gasteiger partial charge in [-0.1, -0.05) is 18.2 Å². The summed E-state index contributed by atoms with van der Waals surface area (Å²) in [5, 5.41) is 19.2. The van der Waals surface area contributed by atoms with Crippen LogP contribution in [0.3, 0.4) is 0 Å². The monoisotopic (exact) mass is 259 g/mol. The van der Waals surface area contributed by atoms with Gasteiger partial charge in [0.15, 0.2) is 5.60 Å². The van der Waals surface area contributed by atoms with Crippen molar-refractivity contribution in [2.75, 3.05) is 13.1 Å². The van der Waals surface area contributed by atoms with Crippen LogP contribution in [0.4, 0.5) is 0 Å². The molecule has 0 saturated carbocycles. The molecule has 1 amide bonds. The van der Waals surface area contributed by atoms with Crippen LogP contribution in [0.2, 0.25) is 0 Å². The van der Waals surface area contributed by atoms with Crippen molar-refractivity contribution in [1.82, 2.24) is 4.90 Å². The SMILES string of the molecule is N#Cc1ccccc1CN1CCC[C@@](O)(C(N)=O)C1. The minimum Gasteiger partial charge on any atom is -0.379 e. The summed E-state index contributed by atoms with van der Waals surface area (Å²) in [5.74, 6) is -0.675. The molecule has 19 heavy (non-hydrogen) atoms. The minimum atomic E-state index is -1.44. The van der Waals surface area contributed by atoms with Gasteiger partial charge < -0.3 is 10.8 Å². The lowest BCUT2D eigenvalue weighted by molar-refractivity contribution is -0.142. The number of benzene rings is 1. The Kier molecular flexibility index (Phi) is 3.84. The summed E-state index contributed by atoms with van der Waals surface area (Å²) < 4.78 is 0. The predicted octanol–water partition coefficient (Wildman–Crippen LogP) is 0.370. The predicted molar refractivity (Wildman–Crippen MR) is 69.8 cm³/mol. The van der Waals surface area contributed by atoms with E-state index in [4.69, 9.17) is 11.0 Å². The van der Waals surface area contributed by atoms with E-state index in [1.54, 1.807) is 6.07 Å². The number of β-amino-alcohol motifs (C(OH)–C–C–N with tert-alkyl or cyclic N) is 1. The van der Waals surface area contributed by atoms with Crippen molar-refractivity contribution in [3.05, 3.63) is 35.4 Å². The van der Waals surface area contributed by atoms with Crippen molar-refractivity contribution in [3.63, 3.8) is 0 Å². The van der Waals surface area contributed by atoms with Gasteiger partial charge in [0.2, 0.25) is 0 Å². The van der Waals surface area contributed by atoms with E-state index in [1.165, 1.54) is 0 Å². The number of nitrogens with zero attached hydrogens (tertiary/aromatic N) is 2. The number of hydrogen-bond donors (Lipinski definition) is 2. The zero-order valence-corrected chi connectivity index (χ0v) is 10.7. The number of hydrogen-bond acceptors (Lipinski definition) is 4. The van der Waals surface area contributed by atoms with Gasteiger partial charge >= 0.3 is 0 Å². The Bertz CT molecular complexity index is 524. The van der Waals surface area contributed by atoms with Gasteiger partial charge in [0, 0.05) is 13.1 Å². The van der Waals surface area contributed by atoms with Crippen LogP contribution in [0.15, 0.2) is 24.3 Å². The Hall–Kier alpha value is -1.90. The summed E-state index contributed by atoms with van der Waals surface area (Å²) in [6, 6.07) is 9.49. The van der Waals surface area contributed by atoms with Crippen LogP contribution in [0.25, 0.3) is 0 Å². The molecule has 0 radical (unpaired) electrons. The van der Waals surface area contributed by atoms with Crippen molar-refractivity contribution >= 4 is 5.91 Å². The molecule has 1 aliphatic rings. The Morgan fingerprint density at radius 2 is 2.26 bits per heavy atom. The van der Waals surface area contributed by atoms with Crippen molar-refractivity contribution in [3.8, 4) is 6.07 Å². The number of amides is 1. The fourth-order valence-electron chi connectivity index (χ4n) is 2.47. The van der Waals surface area contributed by atoms with Crippen molar-refractivity contribution in [2.45, 2.75) is 25.0 Å². The van der Waals surface area contributed by atoms with Gasteiger partial charge in [-0.2, -0.15) is 5.26 Å². The molecule has 1 atom stereocenters. The lowest BCUT2D eigenvalue weighted by Gasteiger charge is -2.37. The van der Waals surface area contributed by atoms with Crippen LogP contribution in [0.5, 0.6) is 0 Å². The van der Waals surface area contributed by atoms with Crippen LogP contribution in [-0.4, -0.2) is 34.6 Å². The van der Waals surface area contributed by atoms with Gasteiger partial charge in [0.25, 0.3) is 5.91 Å². The van der Waals surface area contributed by atoms with Crippen molar-refractivity contribution in [2.24, 2.45) is 5.73 Å². The number of likely N-dealkylation sites (tertiary alicyclic amines) is 1. The van der Waals surface area contributed by atoms with E-state index in [2.05, 4.69) is 6.07 Å². The summed E-state index contributed by atoms with van der Waals surface area (Å²) in [6.45, 7) is 1.55. The molecule has 0 unspecified atom stereocenters. The maximum atomic E-state index is 11.3. The smallest absolute Gasteiger partial charge is 0.250 e. The van der Waals surface area contributed by atoms with Gasteiger partial charge in [0.05, 0.1) is 11.6 Å². The molecule has 5 nitrogen and oxygen atoms in total. The first kappa shape index (κ1) is 13.5. The number of rotatable bonds is 3. The molecule has 100 valence electrons. The van der Waals surface area contributed by atoms with Gasteiger partial charge in [-0.3, -0.25) is 9.69 Å². The maximum absolute atomic E-state index is 11.3. The molecule has 1 aromatic carbocycles. The molecule has 0 aromatic heterocycles. The molecule has 0 spiro atoms. The van der Waals surface area contributed by atoms with E-state index in [0.29, 0.717) is 24.9 Å². The third kappa shape index (κ3) is 2.92. The molecule has 3 N–H and O–H groups in total. The first-order valence-electron chi connectivity index (χ1n) is 6.28. The quantitative estimate of drug-likeness (QED) is 0.820. The standard InChI is InChI=1S/C14H17N3O2/c15-8-11-4-1-2-5-12(11)9-17-7-3-6-14(19,10-17)13(16)18/h1-2,4-5,19H,3,6-7,9-10H2,(H2,16,18)/t14-/m0/s1. The van der Waals surface area contributed by atoms with E-state index in [0.717, 1.165) is 12.1 Å². The largest absolute Gasteiger partial charge is 0.379 e. The van der Waals surface area contributed by atoms with E-state index in [1.807, 2.05) is 23.1 Å². The maximum Gasteiger partial charge on any atom is 0.250 e. The van der Waals surface area contributed by atoms with Gasteiger partial charge in [-0.05, 0) is 31.0 Å².